The summed E-state index contributed by atoms with van der Waals surface area (Å²) in [4.78, 5) is 15.9. The number of carbonyl (C=O) groups excluding carboxylic acids is 1. The van der Waals surface area contributed by atoms with Crippen LogP contribution in [0.5, 0.6) is 0 Å². The van der Waals surface area contributed by atoms with Crippen LogP contribution in [0.1, 0.15) is 36.7 Å². The summed E-state index contributed by atoms with van der Waals surface area (Å²) in [6, 6.07) is 5.67. The van der Waals surface area contributed by atoms with Crippen molar-refractivity contribution in [2.75, 3.05) is 0 Å². The van der Waals surface area contributed by atoms with Crippen LogP contribution in [-0.2, 0) is 6.54 Å². The van der Waals surface area contributed by atoms with Gasteiger partial charge in [0.1, 0.15) is 0 Å². The molecule has 0 radical (unpaired) electrons. The zero-order valence-corrected chi connectivity index (χ0v) is 13.0. The molecule has 0 aliphatic rings. The SMILES string of the molecule is CC.CCn1c2cncc(C)c2c2c(C(N)=O)cccc21. The Bertz CT molecular complexity index is 803. The third kappa shape index (κ3) is 2.27. The molecule has 0 atom stereocenters. The molecule has 0 aliphatic carbocycles. The van der Waals surface area contributed by atoms with Crippen molar-refractivity contribution in [1.29, 1.82) is 0 Å². The van der Waals surface area contributed by atoms with Crippen LogP contribution >= 0.6 is 0 Å². The summed E-state index contributed by atoms with van der Waals surface area (Å²) in [6.45, 7) is 8.91. The van der Waals surface area contributed by atoms with Crippen LogP contribution in [-0.4, -0.2) is 15.5 Å². The third-order valence-corrected chi connectivity index (χ3v) is 3.57. The predicted octanol–water partition coefficient (Wildman–Crippen LogP) is 3.64. The second-order valence-electron chi connectivity index (χ2n) is 4.66. The highest BCUT2D eigenvalue weighted by molar-refractivity contribution is 6.18. The van der Waals surface area contributed by atoms with Crippen molar-refractivity contribution in [3.8, 4) is 0 Å². The highest BCUT2D eigenvalue weighted by Crippen LogP contribution is 2.32. The van der Waals surface area contributed by atoms with Gasteiger partial charge in [0.05, 0.1) is 11.7 Å². The van der Waals surface area contributed by atoms with Gasteiger partial charge in [0, 0.05) is 34.6 Å². The summed E-state index contributed by atoms with van der Waals surface area (Å²) in [6.07, 6.45) is 3.66. The van der Waals surface area contributed by atoms with Gasteiger partial charge in [-0.2, -0.15) is 0 Å². The summed E-state index contributed by atoms with van der Waals surface area (Å²) >= 11 is 0. The monoisotopic (exact) mass is 283 g/mol. The fraction of sp³-hybridized carbons (Fsp3) is 0.294. The molecule has 0 unspecified atom stereocenters. The first-order valence-electron chi connectivity index (χ1n) is 7.30. The molecular formula is C17H21N3O. The van der Waals surface area contributed by atoms with Gasteiger partial charge >= 0.3 is 0 Å². The van der Waals surface area contributed by atoms with Crippen LogP contribution < -0.4 is 5.73 Å². The molecule has 0 saturated heterocycles. The Hall–Kier alpha value is -2.36. The van der Waals surface area contributed by atoms with Crippen molar-refractivity contribution in [3.63, 3.8) is 0 Å². The maximum absolute atomic E-state index is 11.7. The minimum Gasteiger partial charge on any atom is -0.366 e. The Morgan fingerprint density at radius 1 is 1.19 bits per heavy atom. The molecular weight excluding hydrogens is 262 g/mol. The molecule has 2 aromatic heterocycles. The Kier molecular flexibility index (Phi) is 4.26. The maximum Gasteiger partial charge on any atom is 0.249 e. The van der Waals surface area contributed by atoms with E-state index in [0.29, 0.717) is 5.56 Å². The van der Waals surface area contributed by atoms with E-state index in [1.807, 2.05) is 45.3 Å². The smallest absolute Gasteiger partial charge is 0.249 e. The molecule has 3 aromatic rings. The van der Waals surface area contributed by atoms with E-state index in [0.717, 1.165) is 33.9 Å². The minimum absolute atomic E-state index is 0.392. The highest BCUT2D eigenvalue weighted by atomic mass is 16.1. The summed E-state index contributed by atoms with van der Waals surface area (Å²) in [5.74, 6) is -0.392. The molecule has 21 heavy (non-hydrogen) atoms. The van der Waals surface area contributed by atoms with E-state index in [2.05, 4.69) is 16.5 Å². The summed E-state index contributed by atoms with van der Waals surface area (Å²) in [5.41, 5.74) is 9.22. The molecule has 4 nitrogen and oxygen atoms in total. The first-order chi connectivity index (χ1) is 10.1. The van der Waals surface area contributed by atoms with Gasteiger partial charge in [-0.05, 0) is 31.5 Å². The largest absolute Gasteiger partial charge is 0.366 e. The Labute approximate surface area is 124 Å². The normalized spacial score (nSPS) is 10.5. The molecule has 4 heteroatoms. The second-order valence-corrected chi connectivity index (χ2v) is 4.66. The molecule has 0 bridgehead atoms. The second kappa shape index (κ2) is 5.95. The first-order valence-corrected chi connectivity index (χ1v) is 7.30. The number of aromatic nitrogens is 2. The van der Waals surface area contributed by atoms with Gasteiger partial charge in [-0.3, -0.25) is 9.78 Å². The number of carbonyl (C=O) groups is 1. The van der Waals surface area contributed by atoms with Gasteiger partial charge in [-0.15, -0.1) is 0 Å². The van der Waals surface area contributed by atoms with E-state index < -0.39 is 5.91 Å². The van der Waals surface area contributed by atoms with Crippen LogP contribution in [0.3, 0.4) is 0 Å². The fourth-order valence-corrected chi connectivity index (χ4v) is 2.78. The molecule has 2 N–H and O–H groups in total. The predicted molar refractivity (Wildman–Crippen MR) is 87.5 cm³/mol. The molecule has 0 spiro atoms. The van der Waals surface area contributed by atoms with Gasteiger partial charge in [0.25, 0.3) is 0 Å². The van der Waals surface area contributed by atoms with Gasteiger partial charge < -0.3 is 10.3 Å². The molecule has 0 saturated carbocycles. The van der Waals surface area contributed by atoms with E-state index in [4.69, 9.17) is 5.73 Å². The summed E-state index contributed by atoms with van der Waals surface area (Å²) < 4.78 is 2.16. The van der Waals surface area contributed by atoms with Gasteiger partial charge in [-0.1, -0.05) is 19.9 Å². The number of nitrogens with two attached hydrogens (primary N) is 1. The molecule has 1 amide bonds. The maximum atomic E-state index is 11.7. The standard InChI is InChI=1S/C15H15N3O.C2H6/c1-3-18-11-6-4-5-10(15(16)19)14(11)13-9(2)7-17-8-12(13)18;1-2/h4-8H,3H2,1-2H3,(H2,16,19);1-2H3. The fourth-order valence-electron chi connectivity index (χ4n) is 2.78. The van der Waals surface area contributed by atoms with Crippen LogP contribution in [0, 0.1) is 6.92 Å². The lowest BCUT2D eigenvalue weighted by Crippen LogP contribution is -2.11. The van der Waals surface area contributed by atoms with Crippen molar-refractivity contribution in [1.82, 2.24) is 9.55 Å². The number of fused-ring (bicyclic) bond motifs is 3. The number of benzene rings is 1. The van der Waals surface area contributed by atoms with E-state index in [1.54, 1.807) is 6.07 Å². The number of pyridine rings is 1. The summed E-state index contributed by atoms with van der Waals surface area (Å²) in [7, 11) is 0. The average Bonchev–Trinajstić information content (AvgIpc) is 2.83. The van der Waals surface area contributed by atoms with Gasteiger partial charge in [0.15, 0.2) is 0 Å². The zero-order chi connectivity index (χ0) is 15.6. The molecule has 2 heterocycles. The molecule has 3 rings (SSSR count). The number of aryl methyl sites for hydroxylation is 2. The number of nitrogens with zero attached hydrogens (tertiary/aromatic N) is 2. The quantitative estimate of drug-likeness (QED) is 0.780. The van der Waals surface area contributed by atoms with E-state index in [-0.39, 0.29) is 0 Å². The lowest BCUT2D eigenvalue weighted by molar-refractivity contribution is 0.100. The van der Waals surface area contributed by atoms with Crippen molar-refractivity contribution >= 4 is 27.7 Å². The van der Waals surface area contributed by atoms with Gasteiger partial charge in [-0.25, -0.2) is 0 Å². The highest BCUT2D eigenvalue weighted by Gasteiger charge is 2.16. The Balaban J connectivity index is 0.000000774. The number of amides is 1. The molecule has 0 aliphatic heterocycles. The molecule has 110 valence electrons. The van der Waals surface area contributed by atoms with Crippen LogP contribution in [0.4, 0.5) is 0 Å². The van der Waals surface area contributed by atoms with E-state index in [1.165, 1.54) is 0 Å². The molecule has 0 fully saturated rings. The topological polar surface area (TPSA) is 60.9 Å². The van der Waals surface area contributed by atoms with Crippen molar-refractivity contribution in [3.05, 3.63) is 41.7 Å². The number of primary amides is 1. The lowest BCUT2D eigenvalue weighted by atomic mass is 10.0. The first kappa shape index (κ1) is 15.0. The molecule has 1 aromatic carbocycles. The Morgan fingerprint density at radius 3 is 2.52 bits per heavy atom. The number of hydrogen-bond acceptors (Lipinski definition) is 2. The third-order valence-electron chi connectivity index (χ3n) is 3.57. The average molecular weight is 283 g/mol. The van der Waals surface area contributed by atoms with Crippen molar-refractivity contribution < 1.29 is 4.79 Å². The van der Waals surface area contributed by atoms with E-state index in [9.17, 15) is 4.79 Å². The van der Waals surface area contributed by atoms with Crippen LogP contribution in [0.2, 0.25) is 0 Å². The van der Waals surface area contributed by atoms with Crippen molar-refractivity contribution in [2.24, 2.45) is 5.73 Å². The number of rotatable bonds is 2. The van der Waals surface area contributed by atoms with Crippen LogP contribution in [0.25, 0.3) is 21.8 Å². The van der Waals surface area contributed by atoms with Gasteiger partial charge in [0.2, 0.25) is 5.91 Å². The zero-order valence-electron chi connectivity index (χ0n) is 13.0. The lowest BCUT2D eigenvalue weighted by Gasteiger charge is -2.02. The number of hydrogen-bond donors (Lipinski definition) is 1. The minimum atomic E-state index is -0.392. The van der Waals surface area contributed by atoms with E-state index >= 15 is 0 Å². The Morgan fingerprint density at radius 2 is 1.90 bits per heavy atom. The summed E-state index contributed by atoms with van der Waals surface area (Å²) in [5, 5.41) is 2.01. The van der Waals surface area contributed by atoms with Crippen LogP contribution in [0.15, 0.2) is 30.6 Å². The van der Waals surface area contributed by atoms with Crippen molar-refractivity contribution in [2.45, 2.75) is 34.2 Å².